The number of amides is 1. The molecule has 1 amide bonds. The number of benzene rings is 2. The Hall–Kier alpha value is -2.50. The van der Waals surface area contributed by atoms with Gasteiger partial charge in [0.25, 0.3) is 0 Å². The predicted molar refractivity (Wildman–Crippen MR) is 84.3 cm³/mol. The van der Waals surface area contributed by atoms with E-state index in [1.54, 1.807) is 6.07 Å². The van der Waals surface area contributed by atoms with Gasteiger partial charge in [0, 0.05) is 12.6 Å². The molecular weight excluding hydrogens is 317 g/mol. The van der Waals surface area contributed by atoms with Gasteiger partial charge in [0.2, 0.25) is 5.91 Å². The molecule has 0 aliphatic carbocycles. The van der Waals surface area contributed by atoms with Crippen LogP contribution >= 0.6 is 0 Å². The third kappa shape index (κ3) is 2.42. The first-order chi connectivity index (χ1) is 11.5. The summed E-state index contributed by atoms with van der Waals surface area (Å²) in [5.74, 6) is -1.85. The number of hydrogen-bond acceptors (Lipinski definition) is 2. The molecule has 6 heteroatoms. The maximum absolute atomic E-state index is 13.7. The van der Waals surface area contributed by atoms with Gasteiger partial charge in [0.15, 0.2) is 0 Å². The predicted octanol–water partition coefficient (Wildman–Crippen LogP) is 3.62. The van der Waals surface area contributed by atoms with Crippen LogP contribution in [0.25, 0.3) is 0 Å². The Bertz CT molecular complexity index is 804. The topological polar surface area (TPSA) is 23.6 Å². The number of carbonyl (C=O) groups is 1. The number of fused-ring (bicyclic) bond motifs is 3. The van der Waals surface area contributed by atoms with Crippen molar-refractivity contribution in [2.24, 2.45) is 0 Å². The zero-order valence-electron chi connectivity index (χ0n) is 12.8. The van der Waals surface area contributed by atoms with Crippen LogP contribution in [-0.4, -0.2) is 18.5 Å². The van der Waals surface area contributed by atoms with Crippen molar-refractivity contribution in [1.29, 1.82) is 0 Å². The molecular formula is C18H15F3N2O. The van der Waals surface area contributed by atoms with Crippen LogP contribution < -0.4 is 9.80 Å². The zero-order chi connectivity index (χ0) is 16.8. The van der Waals surface area contributed by atoms with Crippen LogP contribution in [0.3, 0.4) is 0 Å². The van der Waals surface area contributed by atoms with Crippen molar-refractivity contribution in [1.82, 2.24) is 0 Å². The highest BCUT2D eigenvalue weighted by Gasteiger charge is 2.40. The Morgan fingerprint density at radius 2 is 1.71 bits per heavy atom. The molecule has 2 heterocycles. The second kappa shape index (κ2) is 5.54. The molecule has 1 atom stereocenters. The van der Waals surface area contributed by atoms with Crippen LogP contribution in [0.15, 0.2) is 36.4 Å². The van der Waals surface area contributed by atoms with Gasteiger partial charge in [0.1, 0.15) is 23.5 Å². The zero-order valence-corrected chi connectivity index (χ0v) is 12.8. The molecule has 2 aliphatic rings. The molecule has 1 saturated heterocycles. The van der Waals surface area contributed by atoms with E-state index >= 15 is 0 Å². The highest BCUT2D eigenvalue weighted by Crippen LogP contribution is 2.41. The Labute approximate surface area is 137 Å². The van der Waals surface area contributed by atoms with E-state index in [0.717, 1.165) is 12.5 Å². The monoisotopic (exact) mass is 332 g/mol. The first-order valence-corrected chi connectivity index (χ1v) is 7.85. The molecule has 3 nitrogen and oxygen atoms in total. The van der Waals surface area contributed by atoms with Gasteiger partial charge >= 0.3 is 0 Å². The lowest BCUT2D eigenvalue weighted by Crippen LogP contribution is -2.50. The van der Waals surface area contributed by atoms with Crippen molar-refractivity contribution in [3.8, 4) is 0 Å². The lowest BCUT2D eigenvalue weighted by Gasteiger charge is -2.39. The summed E-state index contributed by atoms with van der Waals surface area (Å²) in [6.07, 6.45) is 1.55. The highest BCUT2D eigenvalue weighted by molar-refractivity contribution is 6.05. The van der Waals surface area contributed by atoms with Crippen LogP contribution in [0.4, 0.5) is 24.5 Å². The van der Waals surface area contributed by atoms with Crippen LogP contribution in [0.2, 0.25) is 0 Å². The van der Waals surface area contributed by atoms with E-state index in [-0.39, 0.29) is 24.3 Å². The average molecular weight is 332 g/mol. The average Bonchev–Trinajstić information content (AvgIpc) is 3.00. The summed E-state index contributed by atoms with van der Waals surface area (Å²) >= 11 is 0. The summed E-state index contributed by atoms with van der Waals surface area (Å²) in [5, 5.41) is 0. The first-order valence-electron chi connectivity index (χ1n) is 7.85. The first kappa shape index (κ1) is 15.1. The van der Waals surface area contributed by atoms with E-state index in [2.05, 4.69) is 0 Å². The van der Waals surface area contributed by atoms with Gasteiger partial charge in [-0.3, -0.25) is 4.79 Å². The van der Waals surface area contributed by atoms with Gasteiger partial charge in [-0.15, -0.1) is 0 Å². The molecule has 2 aliphatic heterocycles. The molecule has 0 aromatic heterocycles. The largest absolute Gasteiger partial charge is 0.358 e. The third-order valence-electron chi connectivity index (χ3n) is 4.60. The van der Waals surface area contributed by atoms with E-state index in [0.29, 0.717) is 29.9 Å². The van der Waals surface area contributed by atoms with Crippen molar-refractivity contribution in [3.63, 3.8) is 0 Å². The van der Waals surface area contributed by atoms with Gasteiger partial charge in [0.05, 0.1) is 17.9 Å². The van der Waals surface area contributed by atoms with Gasteiger partial charge in [-0.05, 0) is 48.7 Å². The van der Waals surface area contributed by atoms with Gasteiger partial charge < -0.3 is 9.80 Å². The van der Waals surface area contributed by atoms with Gasteiger partial charge in [-0.1, -0.05) is 0 Å². The summed E-state index contributed by atoms with van der Waals surface area (Å²) in [5.41, 5.74) is 1.60. The summed E-state index contributed by atoms with van der Waals surface area (Å²) in [6.45, 7) is 0.756. The minimum atomic E-state index is -0.684. The van der Waals surface area contributed by atoms with Crippen LogP contribution in [0.1, 0.15) is 18.4 Å². The highest BCUT2D eigenvalue weighted by atomic mass is 19.1. The van der Waals surface area contributed by atoms with Crippen molar-refractivity contribution in [2.75, 3.05) is 16.3 Å². The normalized spacial score (nSPS) is 19.5. The fourth-order valence-electron chi connectivity index (χ4n) is 3.61. The van der Waals surface area contributed by atoms with E-state index in [9.17, 15) is 18.0 Å². The quantitative estimate of drug-likeness (QED) is 0.839. The third-order valence-corrected chi connectivity index (χ3v) is 4.60. The van der Waals surface area contributed by atoms with E-state index in [1.165, 1.54) is 29.2 Å². The second-order valence-electron chi connectivity index (χ2n) is 6.19. The molecule has 0 bridgehead atoms. The van der Waals surface area contributed by atoms with Crippen molar-refractivity contribution in [3.05, 3.63) is 59.4 Å². The molecule has 0 radical (unpaired) electrons. The maximum atomic E-state index is 13.7. The molecule has 2 aromatic carbocycles. The number of hydrogen-bond donors (Lipinski definition) is 0. The summed E-state index contributed by atoms with van der Waals surface area (Å²) in [7, 11) is 0. The Morgan fingerprint density at radius 3 is 2.46 bits per heavy atom. The number of halogens is 3. The van der Waals surface area contributed by atoms with Crippen molar-refractivity contribution < 1.29 is 18.0 Å². The van der Waals surface area contributed by atoms with Gasteiger partial charge in [-0.2, -0.15) is 0 Å². The lowest BCUT2D eigenvalue weighted by molar-refractivity contribution is -0.120. The minimum Gasteiger partial charge on any atom is -0.358 e. The van der Waals surface area contributed by atoms with Gasteiger partial charge in [-0.25, -0.2) is 13.2 Å². The van der Waals surface area contributed by atoms with Crippen LogP contribution in [0, 0.1) is 17.5 Å². The molecule has 0 unspecified atom stereocenters. The summed E-state index contributed by atoms with van der Waals surface area (Å²) in [4.78, 5) is 16.2. The minimum absolute atomic E-state index is 0.0521. The number of nitrogens with zero attached hydrogens (tertiary/aromatic N) is 2. The molecule has 0 N–H and O–H groups in total. The fourth-order valence-corrected chi connectivity index (χ4v) is 3.61. The molecule has 4 rings (SSSR count). The fraction of sp³-hybridized carbons (Fsp3) is 0.278. The summed E-state index contributed by atoms with van der Waals surface area (Å²) < 4.78 is 40.6. The molecule has 24 heavy (non-hydrogen) atoms. The molecule has 0 saturated carbocycles. The van der Waals surface area contributed by atoms with Crippen LogP contribution in [0.5, 0.6) is 0 Å². The lowest BCUT2D eigenvalue weighted by atomic mass is 10.1. The molecule has 0 spiro atoms. The van der Waals surface area contributed by atoms with E-state index < -0.39 is 11.6 Å². The summed E-state index contributed by atoms with van der Waals surface area (Å²) in [6, 6.07) is 7.14. The number of carbonyl (C=O) groups excluding carboxylic acids is 1. The second-order valence-corrected chi connectivity index (χ2v) is 6.19. The van der Waals surface area contributed by atoms with E-state index in [1.807, 2.05) is 4.90 Å². The van der Waals surface area contributed by atoms with Crippen molar-refractivity contribution >= 4 is 17.3 Å². The Morgan fingerprint density at radius 1 is 0.958 bits per heavy atom. The van der Waals surface area contributed by atoms with Crippen LogP contribution in [-0.2, 0) is 11.3 Å². The molecule has 1 fully saturated rings. The molecule has 2 aromatic rings. The Balaban J connectivity index is 1.77. The SMILES string of the molecule is O=C1[C@@H]2CCCN2c2cc(F)ccc2N1Cc1cc(F)cc(F)c1. The maximum Gasteiger partial charge on any atom is 0.250 e. The number of rotatable bonds is 2. The van der Waals surface area contributed by atoms with E-state index in [4.69, 9.17) is 0 Å². The molecule has 124 valence electrons. The Kier molecular flexibility index (Phi) is 3.48. The number of anilines is 2. The smallest absolute Gasteiger partial charge is 0.250 e. The standard InChI is InChI=1S/C18H15F3N2O/c19-12-3-4-15-17(9-12)22-5-1-2-16(22)18(24)23(15)10-11-6-13(20)8-14(21)7-11/h3-4,6-9,16H,1-2,5,10H2/t16-/m0/s1. The van der Waals surface area contributed by atoms with Crippen molar-refractivity contribution in [2.45, 2.75) is 25.4 Å².